The minimum Gasteiger partial charge on any atom is -0.485 e. The second-order valence-electron chi connectivity index (χ2n) is 6.74. The van der Waals surface area contributed by atoms with Crippen molar-refractivity contribution in [3.63, 3.8) is 0 Å². The maximum Gasteiger partial charge on any atom is 0.232 e. The molecular formula is C21H18N2O5. The lowest BCUT2D eigenvalue weighted by Gasteiger charge is -2.25. The number of aliphatic hydroxyl groups excluding tert-OH is 1. The van der Waals surface area contributed by atoms with Crippen molar-refractivity contribution < 1.29 is 23.7 Å². The molecule has 3 heterocycles. The van der Waals surface area contributed by atoms with Gasteiger partial charge in [0.15, 0.2) is 17.6 Å². The Morgan fingerprint density at radius 3 is 2.96 bits per heavy atom. The zero-order valence-electron chi connectivity index (χ0n) is 15.4. The van der Waals surface area contributed by atoms with Gasteiger partial charge in [0.2, 0.25) is 5.88 Å². The molecule has 4 aromatic rings. The third-order valence-electron chi connectivity index (χ3n) is 4.77. The van der Waals surface area contributed by atoms with Crippen molar-refractivity contribution in [1.82, 2.24) is 9.97 Å². The van der Waals surface area contributed by atoms with E-state index < -0.39 is 0 Å². The summed E-state index contributed by atoms with van der Waals surface area (Å²) in [7, 11) is 1.57. The van der Waals surface area contributed by atoms with Crippen LogP contribution < -0.4 is 14.2 Å². The molecule has 1 N–H and O–H groups in total. The van der Waals surface area contributed by atoms with Gasteiger partial charge in [0.05, 0.1) is 36.3 Å². The average Bonchev–Trinajstić information content (AvgIpc) is 3.16. The van der Waals surface area contributed by atoms with Crippen LogP contribution in [0.15, 0.2) is 40.9 Å². The first-order valence-electron chi connectivity index (χ1n) is 8.95. The molecule has 0 saturated heterocycles. The van der Waals surface area contributed by atoms with Crippen molar-refractivity contribution in [3.8, 4) is 28.7 Å². The van der Waals surface area contributed by atoms with Crippen LogP contribution in [0.4, 0.5) is 0 Å². The molecular weight excluding hydrogens is 360 g/mol. The van der Waals surface area contributed by atoms with Gasteiger partial charge in [-0.05, 0) is 42.8 Å². The number of furan rings is 1. The summed E-state index contributed by atoms with van der Waals surface area (Å²) in [5.41, 5.74) is 4.05. The Labute approximate surface area is 160 Å². The molecule has 0 bridgehead atoms. The fraction of sp³-hybridized carbons (Fsp3) is 0.238. The Morgan fingerprint density at radius 1 is 1.25 bits per heavy atom. The van der Waals surface area contributed by atoms with Gasteiger partial charge in [0.25, 0.3) is 0 Å². The Kier molecular flexibility index (Phi) is 3.84. The standard InChI is InChI=1S/C21H18N2O5/c1-11-5-13(20-15(6-11)23-19(25-2)8-22-20)18-7-14-16(28-18)3-4-17-21(14)26-10-12(9-24)27-17/h3-8,12,24H,9-10H2,1-2H3. The van der Waals surface area contributed by atoms with Gasteiger partial charge in [-0.2, -0.15) is 0 Å². The largest absolute Gasteiger partial charge is 0.485 e. The Hall–Kier alpha value is -3.32. The van der Waals surface area contributed by atoms with E-state index in [-0.39, 0.29) is 12.7 Å². The van der Waals surface area contributed by atoms with Gasteiger partial charge in [0, 0.05) is 5.56 Å². The van der Waals surface area contributed by atoms with Crippen molar-refractivity contribution in [3.05, 3.63) is 42.1 Å². The first-order chi connectivity index (χ1) is 13.7. The monoisotopic (exact) mass is 378 g/mol. The molecule has 0 saturated carbocycles. The van der Waals surface area contributed by atoms with E-state index in [0.717, 1.165) is 27.5 Å². The van der Waals surface area contributed by atoms with Gasteiger partial charge in [-0.3, -0.25) is 0 Å². The Bertz CT molecular complexity index is 1200. The molecule has 7 heteroatoms. The highest BCUT2D eigenvalue weighted by Crippen LogP contribution is 2.42. The van der Waals surface area contributed by atoms with Crippen LogP contribution in [0.1, 0.15) is 5.56 Å². The molecule has 2 aromatic carbocycles. The average molecular weight is 378 g/mol. The summed E-state index contributed by atoms with van der Waals surface area (Å²) in [4.78, 5) is 9.00. The molecule has 7 nitrogen and oxygen atoms in total. The predicted octanol–water partition coefficient (Wildman–Crippen LogP) is 3.49. The number of fused-ring (bicyclic) bond motifs is 4. The van der Waals surface area contributed by atoms with E-state index in [1.807, 2.05) is 31.2 Å². The van der Waals surface area contributed by atoms with Crippen molar-refractivity contribution in [1.29, 1.82) is 0 Å². The number of hydrogen-bond acceptors (Lipinski definition) is 7. The van der Waals surface area contributed by atoms with Crippen molar-refractivity contribution in [2.75, 3.05) is 20.3 Å². The highest BCUT2D eigenvalue weighted by atomic mass is 16.6. The fourth-order valence-electron chi connectivity index (χ4n) is 3.45. The van der Waals surface area contributed by atoms with Crippen LogP contribution in [0.5, 0.6) is 17.4 Å². The van der Waals surface area contributed by atoms with Gasteiger partial charge < -0.3 is 23.7 Å². The minimum atomic E-state index is -0.359. The summed E-state index contributed by atoms with van der Waals surface area (Å²) in [6, 6.07) is 9.55. The molecule has 142 valence electrons. The summed E-state index contributed by atoms with van der Waals surface area (Å²) < 4.78 is 22.9. The lowest BCUT2D eigenvalue weighted by Crippen LogP contribution is -2.32. The number of aliphatic hydroxyl groups is 1. The quantitative estimate of drug-likeness (QED) is 0.584. The number of aromatic nitrogens is 2. The van der Waals surface area contributed by atoms with Crippen LogP contribution in [-0.2, 0) is 0 Å². The Morgan fingerprint density at radius 2 is 2.14 bits per heavy atom. The van der Waals surface area contributed by atoms with Crippen LogP contribution in [0.2, 0.25) is 0 Å². The third-order valence-corrected chi connectivity index (χ3v) is 4.77. The van der Waals surface area contributed by atoms with Crippen LogP contribution >= 0.6 is 0 Å². The lowest BCUT2D eigenvalue weighted by molar-refractivity contribution is 0.0467. The number of rotatable bonds is 3. The normalized spacial score (nSPS) is 15.9. The fourth-order valence-corrected chi connectivity index (χ4v) is 3.45. The molecule has 28 heavy (non-hydrogen) atoms. The second kappa shape index (κ2) is 6.38. The molecule has 1 unspecified atom stereocenters. The molecule has 0 radical (unpaired) electrons. The number of ether oxygens (including phenoxy) is 3. The second-order valence-corrected chi connectivity index (χ2v) is 6.74. The number of methoxy groups -OCH3 is 1. The summed E-state index contributed by atoms with van der Waals surface area (Å²) in [6.07, 6.45) is 1.24. The van der Waals surface area contributed by atoms with Crippen molar-refractivity contribution in [2.24, 2.45) is 0 Å². The van der Waals surface area contributed by atoms with Gasteiger partial charge >= 0.3 is 0 Å². The predicted molar refractivity (Wildman–Crippen MR) is 103 cm³/mol. The third kappa shape index (κ3) is 2.63. The first-order valence-corrected chi connectivity index (χ1v) is 8.95. The molecule has 0 fully saturated rings. The van der Waals surface area contributed by atoms with Crippen LogP contribution in [0, 0.1) is 6.92 Å². The van der Waals surface area contributed by atoms with Gasteiger partial charge in [0.1, 0.15) is 18.0 Å². The van der Waals surface area contributed by atoms with Crippen LogP contribution in [0.25, 0.3) is 33.3 Å². The minimum absolute atomic E-state index is 0.0917. The summed E-state index contributed by atoms with van der Waals surface area (Å²) >= 11 is 0. The van der Waals surface area contributed by atoms with Gasteiger partial charge in [-0.1, -0.05) is 0 Å². The molecule has 2 aromatic heterocycles. The lowest BCUT2D eigenvalue weighted by atomic mass is 10.1. The zero-order chi connectivity index (χ0) is 19.3. The van der Waals surface area contributed by atoms with Crippen LogP contribution in [-0.4, -0.2) is 41.5 Å². The number of benzene rings is 2. The maximum absolute atomic E-state index is 9.30. The molecule has 0 amide bonds. The van der Waals surface area contributed by atoms with Gasteiger partial charge in [-0.25, -0.2) is 9.97 Å². The van der Waals surface area contributed by atoms with E-state index in [1.165, 1.54) is 0 Å². The van der Waals surface area contributed by atoms with Gasteiger partial charge in [-0.15, -0.1) is 0 Å². The molecule has 1 atom stereocenters. The highest BCUT2D eigenvalue weighted by molar-refractivity contribution is 5.96. The summed E-state index contributed by atoms with van der Waals surface area (Å²) in [6.45, 7) is 2.20. The zero-order valence-corrected chi connectivity index (χ0v) is 15.4. The first kappa shape index (κ1) is 16.8. The number of nitrogens with zero attached hydrogens (tertiary/aromatic N) is 2. The smallest absolute Gasteiger partial charge is 0.232 e. The van der Waals surface area contributed by atoms with E-state index >= 15 is 0 Å². The number of hydrogen-bond donors (Lipinski definition) is 1. The summed E-state index contributed by atoms with van der Waals surface area (Å²) in [5.74, 6) is 2.36. The molecule has 0 spiro atoms. The topological polar surface area (TPSA) is 86.8 Å². The Balaban J connectivity index is 1.68. The van der Waals surface area contributed by atoms with Crippen molar-refractivity contribution in [2.45, 2.75) is 13.0 Å². The summed E-state index contributed by atoms with van der Waals surface area (Å²) in [5, 5.41) is 10.1. The number of aryl methyl sites for hydroxylation is 1. The highest BCUT2D eigenvalue weighted by Gasteiger charge is 2.24. The molecule has 5 rings (SSSR count). The van der Waals surface area contributed by atoms with E-state index in [4.69, 9.17) is 18.6 Å². The van der Waals surface area contributed by atoms with Crippen molar-refractivity contribution >= 4 is 22.0 Å². The van der Waals surface area contributed by atoms with Crippen LogP contribution in [0.3, 0.4) is 0 Å². The van der Waals surface area contributed by atoms with E-state index in [1.54, 1.807) is 19.4 Å². The molecule has 0 aliphatic carbocycles. The SMILES string of the molecule is COc1cnc2c(-c3cc4c5c(ccc4o3)OC(CO)CO5)cc(C)cc2n1. The van der Waals surface area contributed by atoms with E-state index in [9.17, 15) is 5.11 Å². The van der Waals surface area contributed by atoms with E-state index in [2.05, 4.69) is 9.97 Å². The van der Waals surface area contributed by atoms with E-state index in [0.29, 0.717) is 35.3 Å². The molecule has 1 aliphatic heterocycles. The maximum atomic E-state index is 9.30. The molecule has 1 aliphatic rings.